The van der Waals surface area contributed by atoms with E-state index in [4.69, 9.17) is 19.3 Å². The topological polar surface area (TPSA) is 85.2 Å². The van der Waals surface area contributed by atoms with Crippen LogP contribution < -0.4 is 14.2 Å². The molecule has 0 radical (unpaired) electrons. The van der Waals surface area contributed by atoms with Crippen molar-refractivity contribution in [1.29, 1.82) is 0 Å². The second kappa shape index (κ2) is 6.11. The summed E-state index contributed by atoms with van der Waals surface area (Å²) >= 11 is 0. The molecule has 2 N–H and O–H groups in total. The SMILES string of the molecule is COc1cc(OC)c(C(O)CC(=O)O)c(OC)c1. The van der Waals surface area contributed by atoms with E-state index in [1.54, 1.807) is 12.1 Å². The van der Waals surface area contributed by atoms with Gasteiger partial charge in [-0.2, -0.15) is 0 Å². The molecule has 0 spiro atoms. The van der Waals surface area contributed by atoms with Crippen molar-refractivity contribution in [2.45, 2.75) is 12.5 Å². The minimum absolute atomic E-state index is 0.295. The molecule has 1 aromatic carbocycles. The van der Waals surface area contributed by atoms with Crippen molar-refractivity contribution in [3.05, 3.63) is 17.7 Å². The maximum Gasteiger partial charge on any atom is 0.306 e. The highest BCUT2D eigenvalue weighted by molar-refractivity contribution is 5.68. The number of aliphatic hydroxyl groups is 1. The summed E-state index contributed by atoms with van der Waals surface area (Å²) in [5, 5.41) is 18.6. The molecule has 1 aromatic rings. The monoisotopic (exact) mass is 256 g/mol. The number of carbonyl (C=O) groups is 1. The summed E-state index contributed by atoms with van der Waals surface area (Å²) in [6.07, 6.45) is -1.64. The van der Waals surface area contributed by atoms with Crippen LogP contribution in [-0.2, 0) is 4.79 Å². The van der Waals surface area contributed by atoms with Gasteiger partial charge in [-0.3, -0.25) is 4.79 Å². The Hall–Kier alpha value is -1.95. The first-order valence-corrected chi connectivity index (χ1v) is 5.23. The average molecular weight is 256 g/mol. The molecule has 0 aliphatic heterocycles. The molecule has 6 nitrogen and oxygen atoms in total. The molecule has 1 rings (SSSR count). The largest absolute Gasteiger partial charge is 0.496 e. The van der Waals surface area contributed by atoms with Crippen LogP contribution in [0.1, 0.15) is 18.1 Å². The molecule has 1 atom stereocenters. The highest BCUT2D eigenvalue weighted by Crippen LogP contribution is 2.39. The summed E-state index contributed by atoms with van der Waals surface area (Å²) in [5.74, 6) is 0.0253. The zero-order valence-corrected chi connectivity index (χ0v) is 10.5. The first kappa shape index (κ1) is 14.1. The van der Waals surface area contributed by atoms with Gasteiger partial charge in [-0.15, -0.1) is 0 Å². The molecule has 0 aliphatic rings. The minimum atomic E-state index is -1.21. The van der Waals surface area contributed by atoms with Crippen LogP contribution in [-0.4, -0.2) is 37.5 Å². The van der Waals surface area contributed by atoms with Crippen LogP contribution in [0.25, 0.3) is 0 Å². The van der Waals surface area contributed by atoms with Crippen molar-refractivity contribution < 1.29 is 29.2 Å². The van der Waals surface area contributed by atoms with Gasteiger partial charge in [0.1, 0.15) is 17.2 Å². The Morgan fingerprint density at radius 2 is 1.67 bits per heavy atom. The van der Waals surface area contributed by atoms with E-state index in [0.29, 0.717) is 22.8 Å². The van der Waals surface area contributed by atoms with Crippen LogP contribution in [0.5, 0.6) is 17.2 Å². The standard InChI is InChI=1S/C12H16O6/c1-16-7-4-9(17-2)12(10(5-7)18-3)8(13)6-11(14)15/h4-5,8,13H,6H2,1-3H3,(H,14,15). The van der Waals surface area contributed by atoms with Gasteiger partial charge in [0.25, 0.3) is 0 Å². The molecule has 100 valence electrons. The summed E-state index contributed by atoms with van der Waals surface area (Å²) in [6, 6.07) is 3.12. The summed E-state index contributed by atoms with van der Waals surface area (Å²) in [7, 11) is 4.33. The Labute approximate surface area is 105 Å². The van der Waals surface area contributed by atoms with Gasteiger partial charge in [0, 0.05) is 12.1 Å². The highest BCUT2D eigenvalue weighted by Gasteiger charge is 2.22. The minimum Gasteiger partial charge on any atom is -0.496 e. The van der Waals surface area contributed by atoms with Gasteiger partial charge in [-0.05, 0) is 0 Å². The van der Waals surface area contributed by atoms with Gasteiger partial charge in [0.2, 0.25) is 0 Å². The molecule has 18 heavy (non-hydrogen) atoms. The molecular weight excluding hydrogens is 240 g/mol. The Morgan fingerprint density at radius 1 is 1.17 bits per heavy atom. The summed E-state index contributed by atoms with van der Waals surface area (Å²) in [4.78, 5) is 10.6. The summed E-state index contributed by atoms with van der Waals surface area (Å²) in [5.41, 5.74) is 0.295. The summed E-state index contributed by atoms with van der Waals surface area (Å²) < 4.78 is 15.3. The number of aliphatic carboxylic acids is 1. The highest BCUT2D eigenvalue weighted by atomic mass is 16.5. The molecule has 0 saturated heterocycles. The fourth-order valence-electron chi connectivity index (χ4n) is 1.63. The molecule has 0 fully saturated rings. The van der Waals surface area contributed by atoms with Crippen LogP contribution in [0.2, 0.25) is 0 Å². The van der Waals surface area contributed by atoms with E-state index in [9.17, 15) is 9.90 Å². The van der Waals surface area contributed by atoms with Crippen molar-refractivity contribution in [3.8, 4) is 17.2 Å². The number of carboxylic acid groups (broad SMARTS) is 1. The Morgan fingerprint density at radius 3 is 2.00 bits per heavy atom. The number of carboxylic acids is 1. The van der Waals surface area contributed by atoms with Gasteiger partial charge in [-0.25, -0.2) is 0 Å². The maximum atomic E-state index is 10.6. The maximum absolute atomic E-state index is 10.6. The Kier molecular flexibility index (Phi) is 4.79. The first-order valence-electron chi connectivity index (χ1n) is 5.23. The fourth-order valence-corrected chi connectivity index (χ4v) is 1.63. The van der Waals surface area contributed by atoms with E-state index in [1.807, 2.05) is 0 Å². The lowest BCUT2D eigenvalue weighted by Crippen LogP contribution is -2.09. The fraction of sp³-hybridized carbons (Fsp3) is 0.417. The molecule has 0 aromatic heterocycles. The lowest BCUT2D eigenvalue weighted by atomic mass is 10.0. The van der Waals surface area contributed by atoms with Gasteiger partial charge < -0.3 is 24.4 Å². The molecule has 0 amide bonds. The predicted octanol–water partition coefficient (Wildman–Crippen LogP) is 1.22. The number of hydrogen-bond donors (Lipinski definition) is 2. The zero-order chi connectivity index (χ0) is 13.7. The molecule has 0 saturated carbocycles. The van der Waals surface area contributed by atoms with Gasteiger partial charge >= 0.3 is 5.97 Å². The smallest absolute Gasteiger partial charge is 0.306 e. The van der Waals surface area contributed by atoms with Crippen molar-refractivity contribution >= 4 is 5.97 Å². The van der Waals surface area contributed by atoms with E-state index in [-0.39, 0.29) is 0 Å². The quantitative estimate of drug-likeness (QED) is 0.796. The molecule has 1 unspecified atom stereocenters. The normalized spacial score (nSPS) is 11.8. The molecule has 0 heterocycles. The van der Waals surface area contributed by atoms with Crippen LogP contribution >= 0.6 is 0 Å². The summed E-state index contributed by atoms with van der Waals surface area (Å²) in [6.45, 7) is 0. The molecule has 6 heteroatoms. The van der Waals surface area contributed by atoms with E-state index in [2.05, 4.69) is 0 Å². The van der Waals surface area contributed by atoms with Crippen molar-refractivity contribution in [2.24, 2.45) is 0 Å². The third-order valence-electron chi connectivity index (χ3n) is 2.45. The van der Waals surface area contributed by atoms with E-state index in [0.717, 1.165) is 0 Å². The Bertz CT molecular complexity index is 404. The lowest BCUT2D eigenvalue weighted by Gasteiger charge is -2.18. The van der Waals surface area contributed by atoms with Crippen LogP contribution in [0.3, 0.4) is 0 Å². The zero-order valence-electron chi connectivity index (χ0n) is 10.5. The molecular formula is C12H16O6. The number of ether oxygens (including phenoxy) is 3. The average Bonchev–Trinajstić information content (AvgIpc) is 2.35. The van der Waals surface area contributed by atoms with Crippen molar-refractivity contribution in [2.75, 3.05) is 21.3 Å². The van der Waals surface area contributed by atoms with Crippen LogP contribution in [0, 0.1) is 0 Å². The van der Waals surface area contributed by atoms with Crippen molar-refractivity contribution in [3.63, 3.8) is 0 Å². The number of hydrogen-bond acceptors (Lipinski definition) is 5. The number of rotatable bonds is 6. The van der Waals surface area contributed by atoms with Crippen LogP contribution in [0.4, 0.5) is 0 Å². The lowest BCUT2D eigenvalue weighted by molar-refractivity contribution is -0.139. The Balaban J connectivity index is 3.25. The van der Waals surface area contributed by atoms with Gasteiger partial charge in [-0.1, -0.05) is 0 Å². The number of benzene rings is 1. The third kappa shape index (κ3) is 3.04. The van der Waals surface area contributed by atoms with Gasteiger partial charge in [0.15, 0.2) is 0 Å². The number of methoxy groups -OCH3 is 3. The predicted molar refractivity (Wildman–Crippen MR) is 63.3 cm³/mol. The second-order valence-electron chi connectivity index (χ2n) is 3.56. The third-order valence-corrected chi connectivity index (χ3v) is 2.45. The van der Waals surface area contributed by atoms with E-state index < -0.39 is 18.5 Å². The molecule has 0 aliphatic carbocycles. The van der Waals surface area contributed by atoms with Crippen LogP contribution in [0.15, 0.2) is 12.1 Å². The van der Waals surface area contributed by atoms with Gasteiger partial charge in [0.05, 0.1) is 39.4 Å². The number of aliphatic hydroxyl groups excluding tert-OH is 1. The second-order valence-corrected chi connectivity index (χ2v) is 3.56. The van der Waals surface area contributed by atoms with E-state index >= 15 is 0 Å². The molecule has 0 bridgehead atoms. The van der Waals surface area contributed by atoms with Crippen molar-refractivity contribution in [1.82, 2.24) is 0 Å². The van der Waals surface area contributed by atoms with E-state index in [1.165, 1.54) is 21.3 Å². The first-order chi connectivity index (χ1) is 8.53.